The lowest BCUT2D eigenvalue weighted by molar-refractivity contribution is 0.405. The van der Waals surface area contributed by atoms with Gasteiger partial charge in [0.25, 0.3) is 0 Å². The van der Waals surface area contributed by atoms with Crippen molar-refractivity contribution < 1.29 is 0 Å². The van der Waals surface area contributed by atoms with Crippen LogP contribution in [-0.4, -0.2) is 0 Å². The lowest BCUT2D eigenvalue weighted by Gasteiger charge is -2.19. The molecule has 0 amide bonds. The Bertz CT molecular complexity index is 257. The lowest BCUT2D eigenvalue weighted by atomic mass is 9.87. The summed E-state index contributed by atoms with van der Waals surface area (Å²) in [6.07, 6.45) is 14.6. The Balaban J connectivity index is -0.0000000592. The van der Waals surface area contributed by atoms with Crippen molar-refractivity contribution in [2.75, 3.05) is 0 Å². The highest BCUT2D eigenvalue weighted by molar-refractivity contribution is 5.18. The first-order valence-corrected chi connectivity index (χ1v) is 11.9. The Kier molecular flexibility index (Phi) is 60.7. The molecule has 0 aromatic heterocycles. The van der Waals surface area contributed by atoms with E-state index < -0.39 is 0 Å². The summed E-state index contributed by atoms with van der Waals surface area (Å²) in [5, 5.41) is 0. The van der Waals surface area contributed by atoms with Gasteiger partial charge in [0, 0.05) is 0 Å². The lowest BCUT2D eigenvalue weighted by Crippen LogP contribution is -2.05. The molecule has 0 aromatic carbocycles. The summed E-state index contributed by atoms with van der Waals surface area (Å²) in [4.78, 5) is 0. The number of terminal acetylenes is 1. The second kappa shape index (κ2) is 40.1. The number of hydrogen-bond donors (Lipinski definition) is 0. The monoisotopic (exact) mass is 384 g/mol. The highest BCUT2D eigenvalue weighted by atomic mass is 14.2. The quantitative estimate of drug-likeness (QED) is 0.413. The first kappa shape index (κ1) is 40.9. The van der Waals surface area contributed by atoms with Gasteiger partial charge >= 0.3 is 0 Å². The normalized spacial score (nSPS) is 10.2. The van der Waals surface area contributed by atoms with Gasteiger partial charge in [-0.3, -0.25) is 0 Å². The third-order valence-electron chi connectivity index (χ3n) is 2.98. The fourth-order valence-corrected chi connectivity index (χ4v) is 1.77. The first-order chi connectivity index (χ1) is 12.7. The average molecular weight is 385 g/mol. The van der Waals surface area contributed by atoms with Crippen molar-refractivity contribution >= 4 is 0 Å². The topological polar surface area (TPSA) is 0 Å². The van der Waals surface area contributed by atoms with Gasteiger partial charge in [-0.2, -0.15) is 0 Å². The molecular formula is C27H60. The van der Waals surface area contributed by atoms with E-state index in [1.807, 2.05) is 47.6 Å². The molecular weight excluding hydrogens is 324 g/mol. The molecule has 0 rings (SSSR count). The second-order valence-corrected chi connectivity index (χ2v) is 7.07. The van der Waals surface area contributed by atoms with Crippen LogP contribution in [0.3, 0.4) is 0 Å². The van der Waals surface area contributed by atoms with Crippen LogP contribution in [0.2, 0.25) is 0 Å². The van der Waals surface area contributed by atoms with E-state index in [9.17, 15) is 0 Å². The van der Waals surface area contributed by atoms with Crippen LogP contribution in [0.25, 0.3) is 0 Å². The molecule has 0 bridgehead atoms. The summed E-state index contributed by atoms with van der Waals surface area (Å²) in [5.41, 5.74) is 1.73. The van der Waals surface area contributed by atoms with Crippen LogP contribution in [-0.2, 0) is 0 Å². The Labute approximate surface area is 178 Å². The zero-order valence-electron chi connectivity index (χ0n) is 22.5. The maximum absolute atomic E-state index is 5.20. The molecule has 0 heterocycles. The summed E-state index contributed by atoms with van der Waals surface area (Å²) in [7, 11) is 0. The van der Waals surface area contributed by atoms with Crippen LogP contribution in [0, 0.1) is 23.7 Å². The largest absolute Gasteiger partial charge is 0.115 e. The van der Waals surface area contributed by atoms with Crippen LogP contribution in [0.4, 0.5) is 0 Å². The predicted octanol–water partition coefficient (Wildman–Crippen LogP) is 10.7. The molecule has 0 aliphatic rings. The van der Waals surface area contributed by atoms with E-state index in [2.05, 4.69) is 68.2 Å². The molecule has 0 nitrogen and oxygen atoms in total. The smallest absolute Gasteiger partial charge is 0.0129 e. The van der Waals surface area contributed by atoms with Crippen molar-refractivity contribution in [2.45, 2.75) is 142 Å². The minimum absolute atomic E-state index is 0.360. The fourth-order valence-electron chi connectivity index (χ4n) is 1.77. The van der Waals surface area contributed by atoms with E-state index in [1.54, 1.807) is 0 Å². The summed E-state index contributed by atoms with van der Waals surface area (Å²) in [6, 6.07) is 0. The van der Waals surface area contributed by atoms with Crippen molar-refractivity contribution in [3.8, 4) is 12.3 Å². The Morgan fingerprint density at radius 3 is 1.41 bits per heavy atom. The highest BCUT2D eigenvalue weighted by Gasteiger charge is 2.11. The fraction of sp³-hybridized carbons (Fsp3) is 0.852. The Hall–Kier alpha value is -0.700. The summed E-state index contributed by atoms with van der Waals surface area (Å²) >= 11 is 0. The zero-order chi connectivity index (χ0) is 23.3. The third kappa shape index (κ3) is 67.2. The summed E-state index contributed by atoms with van der Waals surface area (Å²) < 4.78 is 0. The molecule has 1 atom stereocenters. The van der Waals surface area contributed by atoms with Gasteiger partial charge < -0.3 is 0 Å². The highest BCUT2D eigenvalue weighted by Crippen LogP contribution is 2.25. The second-order valence-electron chi connectivity index (χ2n) is 7.07. The molecule has 27 heavy (non-hydrogen) atoms. The molecule has 0 aromatic rings. The van der Waals surface area contributed by atoms with Crippen molar-refractivity contribution in [3.63, 3.8) is 0 Å². The molecule has 0 aliphatic carbocycles. The van der Waals surface area contributed by atoms with Gasteiger partial charge in [0.2, 0.25) is 0 Å². The molecule has 1 unspecified atom stereocenters. The molecule has 0 N–H and O–H groups in total. The van der Waals surface area contributed by atoms with Crippen LogP contribution in [0.1, 0.15) is 142 Å². The molecule has 0 radical (unpaired) electrons. The van der Waals surface area contributed by atoms with E-state index in [4.69, 9.17) is 6.42 Å². The maximum Gasteiger partial charge on any atom is -0.0129 e. The Morgan fingerprint density at radius 2 is 1.26 bits per heavy atom. The molecule has 0 heteroatoms. The molecule has 0 fully saturated rings. The van der Waals surface area contributed by atoms with Crippen molar-refractivity contribution in [1.82, 2.24) is 0 Å². The van der Waals surface area contributed by atoms with Crippen LogP contribution in [0.5, 0.6) is 0 Å². The SMILES string of the molecule is C#C/C=C(\CC)CC(C)(C)C.CC.CC.CC.CCC.CCCC(C)CC. The van der Waals surface area contributed by atoms with Crippen LogP contribution < -0.4 is 0 Å². The van der Waals surface area contributed by atoms with E-state index in [0.717, 1.165) is 18.8 Å². The molecule has 0 aliphatic heterocycles. The standard InChI is InChI=1S/C11H18.C7H16.C3H8.3C2H6/c1-6-8-10(7-2)9-11(3,4)5;1-4-6-7(3)5-2;1-3-2;3*1-2/h1,8H,7,9H2,2-5H3;7H,4-6H2,1-3H3;3H2,1-2H3;3*1-2H3/b10-8+;;;;;. The predicted molar refractivity (Wildman–Crippen MR) is 136 cm³/mol. The minimum atomic E-state index is 0.360. The molecule has 0 saturated heterocycles. The average Bonchev–Trinajstić information content (AvgIpc) is 2.66. The first-order valence-electron chi connectivity index (χ1n) is 11.9. The Morgan fingerprint density at radius 1 is 0.889 bits per heavy atom. The van der Waals surface area contributed by atoms with Crippen LogP contribution >= 0.6 is 0 Å². The molecule has 0 saturated carbocycles. The maximum atomic E-state index is 5.20. The van der Waals surface area contributed by atoms with E-state index in [0.29, 0.717) is 5.41 Å². The number of rotatable bonds is 5. The summed E-state index contributed by atoms with van der Waals surface area (Å²) in [6.45, 7) is 31.9. The summed E-state index contributed by atoms with van der Waals surface area (Å²) in [5.74, 6) is 3.53. The molecule has 168 valence electrons. The van der Waals surface area contributed by atoms with Crippen molar-refractivity contribution in [2.24, 2.45) is 11.3 Å². The van der Waals surface area contributed by atoms with Gasteiger partial charge in [-0.05, 0) is 30.3 Å². The number of allylic oxidation sites excluding steroid dienone is 2. The van der Waals surface area contributed by atoms with E-state index in [-0.39, 0.29) is 0 Å². The van der Waals surface area contributed by atoms with Crippen molar-refractivity contribution in [3.05, 3.63) is 11.6 Å². The van der Waals surface area contributed by atoms with E-state index in [1.165, 1.54) is 31.3 Å². The van der Waals surface area contributed by atoms with Crippen molar-refractivity contribution in [1.29, 1.82) is 0 Å². The zero-order valence-corrected chi connectivity index (χ0v) is 22.5. The van der Waals surface area contributed by atoms with Gasteiger partial charge in [0.05, 0.1) is 0 Å². The number of hydrogen-bond acceptors (Lipinski definition) is 0. The van der Waals surface area contributed by atoms with Gasteiger partial charge in [-0.25, -0.2) is 0 Å². The van der Waals surface area contributed by atoms with Crippen LogP contribution in [0.15, 0.2) is 11.6 Å². The van der Waals surface area contributed by atoms with Gasteiger partial charge in [-0.1, -0.05) is 141 Å². The van der Waals surface area contributed by atoms with Gasteiger partial charge in [0.1, 0.15) is 0 Å². The van der Waals surface area contributed by atoms with Gasteiger partial charge in [-0.15, -0.1) is 6.42 Å². The molecule has 0 spiro atoms. The van der Waals surface area contributed by atoms with E-state index >= 15 is 0 Å². The minimum Gasteiger partial charge on any atom is -0.115 e. The van der Waals surface area contributed by atoms with Gasteiger partial charge in [0.15, 0.2) is 0 Å². The third-order valence-corrected chi connectivity index (χ3v) is 2.98.